The number of carbonyl (C=O) groups is 2. The molecular weight excluding hydrogens is 314 g/mol. The first-order valence-electron chi connectivity index (χ1n) is 7.73. The Morgan fingerprint density at radius 1 is 1.17 bits per heavy atom. The Balaban J connectivity index is 1.85. The number of aromatic nitrogens is 2. The average Bonchev–Trinajstić information content (AvgIpc) is 2.91. The van der Waals surface area contributed by atoms with Crippen LogP contribution in [-0.2, 0) is 16.1 Å². The zero-order valence-corrected chi connectivity index (χ0v) is 13.6. The second kappa shape index (κ2) is 7.04. The van der Waals surface area contributed by atoms with Gasteiger partial charge < -0.3 is 14.6 Å². The minimum atomic E-state index is -0.893. The molecule has 2 aromatic rings. The first-order chi connectivity index (χ1) is 11.1. The van der Waals surface area contributed by atoms with E-state index in [0.29, 0.717) is 5.16 Å². The van der Waals surface area contributed by atoms with E-state index in [1.165, 1.54) is 6.42 Å². The number of carboxylic acids is 1. The molecule has 1 amide bonds. The van der Waals surface area contributed by atoms with E-state index < -0.39 is 5.97 Å². The first kappa shape index (κ1) is 15.9. The minimum Gasteiger partial charge on any atom is -0.481 e. The Kier molecular flexibility index (Phi) is 4.85. The summed E-state index contributed by atoms with van der Waals surface area (Å²) in [4.78, 5) is 29.8. The molecule has 3 rings (SSSR count). The molecule has 23 heavy (non-hydrogen) atoms. The number of imidazole rings is 1. The summed E-state index contributed by atoms with van der Waals surface area (Å²) in [5.41, 5.74) is 1.65. The van der Waals surface area contributed by atoms with E-state index in [0.717, 1.165) is 48.7 Å². The van der Waals surface area contributed by atoms with Gasteiger partial charge in [0.05, 0.1) is 16.8 Å². The molecule has 1 aliphatic heterocycles. The zero-order chi connectivity index (χ0) is 16.2. The molecule has 0 atom stereocenters. The van der Waals surface area contributed by atoms with Crippen LogP contribution in [-0.4, -0.2) is 50.3 Å². The zero-order valence-electron chi connectivity index (χ0n) is 12.8. The van der Waals surface area contributed by atoms with Crippen molar-refractivity contribution in [3.05, 3.63) is 24.3 Å². The van der Waals surface area contributed by atoms with E-state index in [1.54, 1.807) is 0 Å². The Hall–Kier alpha value is -2.02. The third kappa shape index (κ3) is 3.67. The molecule has 0 radical (unpaired) electrons. The third-order valence-electron chi connectivity index (χ3n) is 3.95. The molecule has 1 aromatic carbocycles. The van der Waals surface area contributed by atoms with E-state index in [4.69, 9.17) is 5.11 Å². The SMILES string of the molecule is O=C(O)CSc1nc2ccccc2n1CC(=O)N1CCCCC1. The van der Waals surface area contributed by atoms with Crippen molar-refractivity contribution in [1.29, 1.82) is 0 Å². The number of benzene rings is 1. The van der Waals surface area contributed by atoms with Crippen molar-refractivity contribution >= 4 is 34.7 Å². The van der Waals surface area contributed by atoms with E-state index >= 15 is 0 Å². The van der Waals surface area contributed by atoms with Gasteiger partial charge in [-0.3, -0.25) is 9.59 Å². The van der Waals surface area contributed by atoms with Gasteiger partial charge >= 0.3 is 5.97 Å². The maximum Gasteiger partial charge on any atom is 0.313 e. The molecule has 0 aliphatic carbocycles. The van der Waals surface area contributed by atoms with Gasteiger partial charge in [0.1, 0.15) is 6.54 Å². The lowest BCUT2D eigenvalue weighted by Gasteiger charge is -2.27. The predicted molar refractivity (Wildman–Crippen MR) is 88.5 cm³/mol. The molecule has 0 bridgehead atoms. The lowest BCUT2D eigenvalue weighted by Crippen LogP contribution is -2.37. The fourth-order valence-corrected chi connectivity index (χ4v) is 3.56. The number of hydrogen-bond acceptors (Lipinski definition) is 4. The molecule has 7 heteroatoms. The highest BCUT2D eigenvalue weighted by atomic mass is 32.2. The van der Waals surface area contributed by atoms with Crippen molar-refractivity contribution < 1.29 is 14.7 Å². The van der Waals surface area contributed by atoms with Crippen LogP contribution in [0.1, 0.15) is 19.3 Å². The molecule has 122 valence electrons. The van der Waals surface area contributed by atoms with Crippen LogP contribution in [0.25, 0.3) is 11.0 Å². The number of carbonyl (C=O) groups excluding carboxylic acids is 1. The van der Waals surface area contributed by atoms with Gasteiger partial charge in [-0.05, 0) is 31.4 Å². The minimum absolute atomic E-state index is 0.0682. The first-order valence-corrected chi connectivity index (χ1v) is 8.71. The van der Waals surface area contributed by atoms with Gasteiger partial charge in [-0.2, -0.15) is 0 Å². The van der Waals surface area contributed by atoms with Gasteiger partial charge in [-0.15, -0.1) is 0 Å². The van der Waals surface area contributed by atoms with Crippen LogP contribution >= 0.6 is 11.8 Å². The summed E-state index contributed by atoms with van der Waals surface area (Å²) in [5.74, 6) is -0.887. The second-order valence-corrected chi connectivity index (χ2v) is 6.54. The Morgan fingerprint density at radius 2 is 1.91 bits per heavy atom. The summed E-state index contributed by atoms with van der Waals surface area (Å²) in [7, 11) is 0. The highest BCUT2D eigenvalue weighted by Crippen LogP contribution is 2.24. The summed E-state index contributed by atoms with van der Waals surface area (Å²) >= 11 is 1.15. The number of carboxylic acid groups (broad SMARTS) is 1. The highest BCUT2D eigenvalue weighted by molar-refractivity contribution is 7.99. The molecule has 0 spiro atoms. The van der Waals surface area contributed by atoms with Crippen LogP contribution in [0.3, 0.4) is 0 Å². The predicted octanol–water partition coefficient (Wildman–Crippen LogP) is 2.23. The maximum atomic E-state index is 12.6. The van der Waals surface area contributed by atoms with Crippen LogP contribution in [0.4, 0.5) is 0 Å². The Labute approximate surface area is 138 Å². The van der Waals surface area contributed by atoms with Gasteiger partial charge in [0.25, 0.3) is 0 Å². The number of rotatable bonds is 5. The number of amides is 1. The average molecular weight is 333 g/mol. The smallest absolute Gasteiger partial charge is 0.313 e. The van der Waals surface area contributed by atoms with Crippen LogP contribution in [0.2, 0.25) is 0 Å². The third-order valence-corrected chi connectivity index (χ3v) is 4.91. The Morgan fingerprint density at radius 3 is 2.65 bits per heavy atom. The molecule has 0 saturated carbocycles. The fraction of sp³-hybridized carbons (Fsp3) is 0.438. The van der Waals surface area contributed by atoms with Crippen LogP contribution < -0.4 is 0 Å². The molecule has 0 unspecified atom stereocenters. The number of para-hydroxylation sites is 2. The number of thioether (sulfide) groups is 1. The lowest BCUT2D eigenvalue weighted by molar-refractivity contribution is -0.134. The van der Waals surface area contributed by atoms with Gasteiger partial charge in [-0.1, -0.05) is 23.9 Å². The highest BCUT2D eigenvalue weighted by Gasteiger charge is 2.20. The molecule has 1 N–H and O–H groups in total. The quantitative estimate of drug-likeness (QED) is 0.849. The second-order valence-electron chi connectivity index (χ2n) is 5.59. The molecular formula is C16H19N3O3S. The topological polar surface area (TPSA) is 75.4 Å². The summed E-state index contributed by atoms with van der Waals surface area (Å²) in [5, 5.41) is 9.48. The van der Waals surface area contributed by atoms with E-state index in [1.807, 2.05) is 33.7 Å². The molecule has 1 aliphatic rings. The molecule has 1 fully saturated rings. The summed E-state index contributed by atoms with van der Waals surface area (Å²) < 4.78 is 1.83. The van der Waals surface area contributed by atoms with Gasteiger partial charge in [0, 0.05) is 13.1 Å². The summed E-state index contributed by atoms with van der Waals surface area (Å²) in [6, 6.07) is 7.58. The van der Waals surface area contributed by atoms with Crippen molar-refractivity contribution in [2.24, 2.45) is 0 Å². The number of hydrogen-bond donors (Lipinski definition) is 1. The van der Waals surface area contributed by atoms with Crippen LogP contribution in [0.15, 0.2) is 29.4 Å². The number of likely N-dealkylation sites (tertiary alicyclic amines) is 1. The number of aliphatic carboxylic acids is 1. The molecule has 1 aromatic heterocycles. The summed E-state index contributed by atoms with van der Waals surface area (Å²) in [6.45, 7) is 1.83. The van der Waals surface area contributed by atoms with E-state index in [2.05, 4.69) is 4.98 Å². The maximum absolute atomic E-state index is 12.6. The van der Waals surface area contributed by atoms with Crippen molar-refractivity contribution in [1.82, 2.24) is 14.5 Å². The molecule has 2 heterocycles. The molecule has 6 nitrogen and oxygen atoms in total. The fourth-order valence-electron chi connectivity index (χ4n) is 2.82. The lowest BCUT2D eigenvalue weighted by atomic mass is 10.1. The number of nitrogens with zero attached hydrogens (tertiary/aromatic N) is 3. The van der Waals surface area contributed by atoms with E-state index in [-0.39, 0.29) is 18.2 Å². The number of piperidine rings is 1. The molecule has 1 saturated heterocycles. The van der Waals surface area contributed by atoms with Crippen molar-refractivity contribution in [2.45, 2.75) is 31.0 Å². The van der Waals surface area contributed by atoms with Gasteiger partial charge in [0.15, 0.2) is 5.16 Å². The van der Waals surface area contributed by atoms with Crippen molar-refractivity contribution in [3.63, 3.8) is 0 Å². The largest absolute Gasteiger partial charge is 0.481 e. The normalized spacial score (nSPS) is 15.0. The number of fused-ring (bicyclic) bond motifs is 1. The van der Waals surface area contributed by atoms with E-state index in [9.17, 15) is 9.59 Å². The summed E-state index contributed by atoms with van der Waals surface area (Å²) in [6.07, 6.45) is 3.28. The van der Waals surface area contributed by atoms with Crippen molar-refractivity contribution in [3.8, 4) is 0 Å². The van der Waals surface area contributed by atoms with Crippen LogP contribution in [0.5, 0.6) is 0 Å². The monoisotopic (exact) mass is 333 g/mol. The standard InChI is InChI=1S/C16H19N3O3S/c20-14(18-8-4-1-5-9-18)10-19-13-7-3-2-6-12(13)17-16(19)23-11-15(21)22/h2-3,6-7H,1,4-5,8-11H2,(H,21,22). The van der Waals surface area contributed by atoms with Crippen molar-refractivity contribution in [2.75, 3.05) is 18.8 Å². The van der Waals surface area contributed by atoms with Gasteiger partial charge in [0.2, 0.25) is 5.91 Å². The Bertz CT molecular complexity index is 722. The van der Waals surface area contributed by atoms with Gasteiger partial charge in [-0.25, -0.2) is 4.98 Å². The van der Waals surface area contributed by atoms with Crippen LogP contribution in [0, 0.1) is 0 Å².